The number of rotatable bonds is 1. The molecular weight excluding hydrogens is 184 g/mol. The van der Waals surface area contributed by atoms with E-state index < -0.39 is 0 Å². The summed E-state index contributed by atoms with van der Waals surface area (Å²) >= 11 is 2.04. The maximum absolute atomic E-state index is 9.72. The van der Waals surface area contributed by atoms with Crippen LogP contribution in [0, 0.1) is 0 Å². The molecule has 0 saturated carbocycles. The van der Waals surface area contributed by atoms with Gasteiger partial charge >= 0.3 is 0 Å². The van der Waals surface area contributed by atoms with E-state index >= 15 is 0 Å². The van der Waals surface area contributed by atoms with Crippen LogP contribution in [0.4, 0.5) is 0 Å². The van der Waals surface area contributed by atoms with Crippen LogP contribution in [0.5, 0.6) is 0 Å². The summed E-state index contributed by atoms with van der Waals surface area (Å²) in [5.41, 5.74) is 0. The fourth-order valence-electron chi connectivity index (χ4n) is 2.12. The molecule has 3 nitrogen and oxygen atoms in total. The Morgan fingerprint density at radius 1 is 1.23 bits per heavy atom. The number of hydrogen-bond acceptors (Lipinski definition) is 4. The quantitative estimate of drug-likeness (QED) is 0.615. The SMILES string of the molecule is O[C@@H]1CNC[C@H]1N1CCCSCC1. The minimum Gasteiger partial charge on any atom is -0.390 e. The molecule has 0 aliphatic carbocycles. The van der Waals surface area contributed by atoms with Crippen molar-refractivity contribution >= 4 is 11.8 Å². The summed E-state index contributed by atoms with van der Waals surface area (Å²) < 4.78 is 0. The highest BCUT2D eigenvalue weighted by Gasteiger charge is 2.30. The van der Waals surface area contributed by atoms with Crippen LogP contribution in [0.3, 0.4) is 0 Å². The van der Waals surface area contributed by atoms with Gasteiger partial charge in [-0.1, -0.05) is 0 Å². The molecule has 2 heterocycles. The molecule has 76 valence electrons. The van der Waals surface area contributed by atoms with Gasteiger partial charge in [-0.2, -0.15) is 11.8 Å². The Morgan fingerprint density at radius 2 is 2.15 bits per heavy atom. The lowest BCUT2D eigenvalue weighted by molar-refractivity contribution is 0.0882. The molecule has 0 radical (unpaired) electrons. The van der Waals surface area contributed by atoms with Gasteiger partial charge in [-0.25, -0.2) is 0 Å². The molecule has 0 bridgehead atoms. The fourth-order valence-corrected chi connectivity index (χ4v) is 3.02. The summed E-state index contributed by atoms with van der Waals surface area (Å²) in [6.07, 6.45) is 1.12. The first-order chi connectivity index (χ1) is 6.38. The van der Waals surface area contributed by atoms with Crippen LogP contribution in [-0.4, -0.2) is 59.8 Å². The first kappa shape index (κ1) is 9.77. The third-order valence-corrected chi connectivity index (χ3v) is 3.93. The van der Waals surface area contributed by atoms with E-state index in [4.69, 9.17) is 0 Å². The summed E-state index contributed by atoms with van der Waals surface area (Å²) in [7, 11) is 0. The van der Waals surface area contributed by atoms with E-state index in [9.17, 15) is 5.11 Å². The molecule has 0 aromatic rings. The van der Waals surface area contributed by atoms with Gasteiger partial charge in [0.1, 0.15) is 0 Å². The highest BCUT2D eigenvalue weighted by molar-refractivity contribution is 7.99. The van der Waals surface area contributed by atoms with Gasteiger partial charge in [0.25, 0.3) is 0 Å². The van der Waals surface area contributed by atoms with Gasteiger partial charge < -0.3 is 10.4 Å². The second-order valence-corrected chi connectivity index (χ2v) is 5.02. The van der Waals surface area contributed by atoms with Crippen molar-refractivity contribution in [1.82, 2.24) is 10.2 Å². The number of β-amino-alcohol motifs (C(OH)–C–C–N with tert-alkyl or cyclic N) is 1. The third-order valence-electron chi connectivity index (χ3n) is 2.88. The van der Waals surface area contributed by atoms with Crippen LogP contribution < -0.4 is 5.32 Å². The molecular formula is C9H18N2OS. The maximum atomic E-state index is 9.72. The number of aliphatic hydroxyl groups is 1. The Hall–Kier alpha value is 0.230. The summed E-state index contributed by atoms with van der Waals surface area (Å²) in [5, 5.41) is 13.0. The fraction of sp³-hybridized carbons (Fsp3) is 1.00. The van der Waals surface area contributed by atoms with Gasteiger partial charge in [0.2, 0.25) is 0 Å². The molecule has 2 rings (SSSR count). The number of hydrogen-bond donors (Lipinski definition) is 2. The molecule has 2 N–H and O–H groups in total. The van der Waals surface area contributed by atoms with Gasteiger partial charge in [-0.3, -0.25) is 4.90 Å². The van der Waals surface area contributed by atoms with Gasteiger partial charge in [-0.15, -0.1) is 0 Å². The molecule has 13 heavy (non-hydrogen) atoms. The van der Waals surface area contributed by atoms with Crippen molar-refractivity contribution in [2.75, 3.05) is 37.7 Å². The molecule has 2 aliphatic rings. The summed E-state index contributed by atoms with van der Waals surface area (Å²) in [5.74, 6) is 2.51. The van der Waals surface area contributed by atoms with E-state index in [2.05, 4.69) is 10.2 Å². The van der Waals surface area contributed by atoms with E-state index in [-0.39, 0.29) is 6.10 Å². The second kappa shape index (κ2) is 4.64. The van der Waals surface area contributed by atoms with E-state index in [1.165, 1.54) is 17.9 Å². The van der Waals surface area contributed by atoms with Crippen LogP contribution in [0.15, 0.2) is 0 Å². The average Bonchev–Trinajstić information content (AvgIpc) is 2.43. The standard InChI is InChI=1S/C9H18N2OS/c12-9-7-10-6-8(9)11-2-1-4-13-5-3-11/h8-10,12H,1-7H2/t8-,9-/m1/s1. The topological polar surface area (TPSA) is 35.5 Å². The van der Waals surface area contributed by atoms with Crippen LogP contribution in [-0.2, 0) is 0 Å². The minimum atomic E-state index is -0.150. The zero-order valence-corrected chi connectivity index (χ0v) is 8.72. The van der Waals surface area contributed by atoms with Crippen molar-refractivity contribution in [3.05, 3.63) is 0 Å². The van der Waals surface area contributed by atoms with E-state index in [0.717, 1.165) is 26.2 Å². The molecule has 0 spiro atoms. The smallest absolute Gasteiger partial charge is 0.0831 e. The second-order valence-electron chi connectivity index (χ2n) is 3.79. The first-order valence-electron chi connectivity index (χ1n) is 5.08. The molecule has 2 aliphatic heterocycles. The van der Waals surface area contributed by atoms with E-state index in [0.29, 0.717) is 6.04 Å². The van der Waals surface area contributed by atoms with Crippen molar-refractivity contribution in [3.63, 3.8) is 0 Å². The Morgan fingerprint density at radius 3 is 2.92 bits per heavy atom. The molecule has 0 amide bonds. The van der Waals surface area contributed by atoms with E-state index in [1.54, 1.807) is 0 Å². The van der Waals surface area contributed by atoms with Gasteiger partial charge in [0, 0.05) is 31.4 Å². The summed E-state index contributed by atoms with van der Waals surface area (Å²) in [4.78, 5) is 2.45. The number of thioether (sulfide) groups is 1. The largest absolute Gasteiger partial charge is 0.390 e. The lowest BCUT2D eigenvalue weighted by Crippen LogP contribution is -2.44. The van der Waals surface area contributed by atoms with Crippen molar-refractivity contribution in [2.24, 2.45) is 0 Å². The van der Waals surface area contributed by atoms with Gasteiger partial charge in [0.15, 0.2) is 0 Å². The molecule has 0 unspecified atom stereocenters. The molecule has 0 aromatic heterocycles. The number of aliphatic hydroxyl groups excluding tert-OH is 1. The lowest BCUT2D eigenvalue weighted by Gasteiger charge is -2.28. The van der Waals surface area contributed by atoms with Crippen molar-refractivity contribution in [2.45, 2.75) is 18.6 Å². The lowest BCUT2D eigenvalue weighted by atomic mass is 10.2. The van der Waals surface area contributed by atoms with E-state index in [1.807, 2.05) is 11.8 Å². The van der Waals surface area contributed by atoms with Crippen LogP contribution in [0.25, 0.3) is 0 Å². The van der Waals surface area contributed by atoms with Gasteiger partial charge in [-0.05, 0) is 18.7 Å². The zero-order chi connectivity index (χ0) is 9.10. The van der Waals surface area contributed by atoms with Gasteiger partial charge in [0.05, 0.1) is 6.10 Å². The summed E-state index contributed by atoms with van der Waals surface area (Å²) in [6, 6.07) is 0.374. The minimum absolute atomic E-state index is 0.150. The highest BCUT2D eigenvalue weighted by Crippen LogP contribution is 2.15. The molecule has 2 saturated heterocycles. The van der Waals surface area contributed by atoms with Crippen LogP contribution in [0.2, 0.25) is 0 Å². The number of nitrogens with zero attached hydrogens (tertiary/aromatic N) is 1. The Balaban J connectivity index is 1.89. The van der Waals surface area contributed by atoms with Crippen molar-refractivity contribution < 1.29 is 5.11 Å². The maximum Gasteiger partial charge on any atom is 0.0831 e. The molecule has 2 atom stereocenters. The third kappa shape index (κ3) is 2.37. The highest BCUT2D eigenvalue weighted by atomic mass is 32.2. The monoisotopic (exact) mass is 202 g/mol. The summed E-state index contributed by atoms with van der Waals surface area (Å²) in [6.45, 7) is 4.05. The van der Waals surface area contributed by atoms with Crippen LogP contribution in [0.1, 0.15) is 6.42 Å². The van der Waals surface area contributed by atoms with Crippen LogP contribution >= 0.6 is 11.8 Å². The zero-order valence-electron chi connectivity index (χ0n) is 7.91. The average molecular weight is 202 g/mol. The molecule has 2 fully saturated rings. The van der Waals surface area contributed by atoms with Crippen molar-refractivity contribution in [1.29, 1.82) is 0 Å². The Kier molecular flexibility index (Phi) is 3.49. The number of nitrogens with one attached hydrogen (secondary N) is 1. The normalized spacial score (nSPS) is 37.6. The Labute approximate surface area is 83.9 Å². The predicted molar refractivity (Wildman–Crippen MR) is 56.2 cm³/mol. The molecule has 4 heteroatoms. The predicted octanol–water partition coefficient (Wildman–Crippen LogP) is -0.242. The molecule has 0 aromatic carbocycles. The van der Waals surface area contributed by atoms with Crippen molar-refractivity contribution in [3.8, 4) is 0 Å². The Bertz CT molecular complexity index is 160. The first-order valence-corrected chi connectivity index (χ1v) is 6.24.